The topological polar surface area (TPSA) is 40.1 Å². The van der Waals surface area contributed by atoms with Crippen LogP contribution in [-0.4, -0.2) is 5.97 Å². The lowest BCUT2D eigenvalue weighted by Gasteiger charge is -2.01. The highest BCUT2D eigenvalue weighted by molar-refractivity contribution is 7.23. The third-order valence-corrected chi connectivity index (χ3v) is 3.72. The van der Waals surface area contributed by atoms with Crippen LogP contribution in [0.2, 0.25) is 9.36 Å². The van der Waals surface area contributed by atoms with E-state index in [4.69, 9.17) is 23.2 Å². The molecule has 0 bridgehead atoms. The number of carboxylic acid groups (broad SMARTS) is 1. The molecule has 0 N–H and O–H groups in total. The number of aliphatic carboxylic acids is 1. The van der Waals surface area contributed by atoms with Gasteiger partial charge in [0, 0.05) is 22.1 Å². The summed E-state index contributed by atoms with van der Waals surface area (Å²) in [4.78, 5) is 10.5. The number of rotatable bonds is 2. The Morgan fingerprint density at radius 2 is 2.13 bits per heavy atom. The number of benzene rings is 1. The Morgan fingerprint density at radius 1 is 1.40 bits per heavy atom. The molecule has 0 aliphatic heterocycles. The van der Waals surface area contributed by atoms with Crippen molar-refractivity contribution in [2.24, 2.45) is 0 Å². The fraction of sp³-hybridized carbons (Fsp3) is 0.100. The number of hydrogen-bond acceptors (Lipinski definition) is 3. The molecule has 5 heteroatoms. The zero-order valence-corrected chi connectivity index (χ0v) is 9.75. The number of carbonyl (C=O) groups excluding carboxylic acids is 1. The Kier molecular flexibility index (Phi) is 2.87. The molecule has 2 aromatic rings. The molecule has 0 amide bonds. The van der Waals surface area contributed by atoms with Gasteiger partial charge in [0.2, 0.25) is 0 Å². The summed E-state index contributed by atoms with van der Waals surface area (Å²) in [5.74, 6) is -1.14. The van der Waals surface area contributed by atoms with Gasteiger partial charge in [-0.25, -0.2) is 0 Å². The molecule has 0 spiro atoms. The van der Waals surface area contributed by atoms with Crippen molar-refractivity contribution < 1.29 is 9.90 Å². The first kappa shape index (κ1) is 10.7. The van der Waals surface area contributed by atoms with Crippen molar-refractivity contribution in [3.63, 3.8) is 0 Å². The molecule has 1 aromatic carbocycles. The van der Waals surface area contributed by atoms with Crippen LogP contribution in [0.1, 0.15) is 5.56 Å². The maximum absolute atomic E-state index is 10.5. The van der Waals surface area contributed by atoms with E-state index in [1.54, 1.807) is 12.1 Å². The minimum atomic E-state index is -1.14. The third kappa shape index (κ3) is 2.09. The zero-order chi connectivity index (χ0) is 11.0. The molecule has 0 fully saturated rings. The molecule has 15 heavy (non-hydrogen) atoms. The lowest BCUT2D eigenvalue weighted by atomic mass is 10.1. The number of halogens is 2. The Balaban J connectivity index is 2.65. The molecule has 2 nitrogen and oxygen atoms in total. The molecule has 1 heterocycles. The van der Waals surface area contributed by atoms with E-state index in [0.29, 0.717) is 14.9 Å². The quantitative estimate of drug-likeness (QED) is 0.832. The predicted octanol–water partition coefficient (Wildman–Crippen LogP) is 2.50. The van der Waals surface area contributed by atoms with E-state index in [2.05, 4.69) is 0 Å². The van der Waals surface area contributed by atoms with Gasteiger partial charge in [0.15, 0.2) is 0 Å². The SMILES string of the molecule is O=C([O-])Cc1c(Cl)sc2ccc(Cl)cc12. The number of carbonyl (C=O) groups is 1. The van der Waals surface area contributed by atoms with Crippen LogP contribution in [0.5, 0.6) is 0 Å². The molecular weight excluding hydrogens is 255 g/mol. The van der Waals surface area contributed by atoms with Crippen LogP contribution in [0.3, 0.4) is 0 Å². The van der Waals surface area contributed by atoms with Crippen LogP contribution in [0.4, 0.5) is 0 Å². The molecule has 0 atom stereocenters. The summed E-state index contributed by atoms with van der Waals surface area (Å²) >= 11 is 13.1. The van der Waals surface area contributed by atoms with Gasteiger partial charge in [-0.3, -0.25) is 0 Å². The van der Waals surface area contributed by atoms with E-state index < -0.39 is 5.97 Å². The monoisotopic (exact) mass is 259 g/mol. The molecule has 78 valence electrons. The molecule has 0 unspecified atom stereocenters. The average Bonchev–Trinajstić information content (AvgIpc) is 2.43. The van der Waals surface area contributed by atoms with E-state index in [1.165, 1.54) is 11.3 Å². The van der Waals surface area contributed by atoms with E-state index in [-0.39, 0.29) is 6.42 Å². The molecule has 0 aliphatic rings. The van der Waals surface area contributed by atoms with Gasteiger partial charge in [0.25, 0.3) is 0 Å². The van der Waals surface area contributed by atoms with Crippen molar-refractivity contribution in [3.05, 3.63) is 33.1 Å². The van der Waals surface area contributed by atoms with Gasteiger partial charge in [-0.1, -0.05) is 23.2 Å². The van der Waals surface area contributed by atoms with Crippen LogP contribution in [0, 0.1) is 0 Å². The van der Waals surface area contributed by atoms with Crippen molar-refractivity contribution in [3.8, 4) is 0 Å². The molecule has 2 rings (SSSR count). The zero-order valence-electron chi connectivity index (χ0n) is 7.42. The number of thiophene rings is 1. The summed E-state index contributed by atoms with van der Waals surface area (Å²) < 4.78 is 1.41. The number of carboxylic acids is 1. The van der Waals surface area contributed by atoms with Crippen molar-refractivity contribution in [2.75, 3.05) is 0 Å². The van der Waals surface area contributed by atoms with Crippen LogP contribution < -0.4 is 5.11 Å². The first-order valence-electron chi connectivity index (χ1n) is 4.14. The molecular formula is C10H5Cl2O2S-. The summed E-state index contributed by atoms with van der Waals surface area (Å²) in [6, 6.07) is 5.30. The van der Waals surface area contributed by atoms with E-state index in [1.807, 2.05) is 6.07 Å². The van der Waals surface area contributed by atoms with Crippen LogP contribution in [-0.2, 0) is 11.2 Å². The molecule has 0 radical (unpaired) electrons. The lowest BCUT2D eigenvalue weighted by Crippen LogP contribution is -2.24. The normalized spacial score (nSPS) is 10.8. The largest absolute Gasteiger partial charge is 0.550 e. The van der Waals surface area contributed by atoms with Gasteiger partial charge in [0.05, 0.1) is 4.34 Å². The van der Waals surface area contributed by atoms with E-state index in [0.717, 1.165) is 10.1 Å². The highest BCUT2D eigenvalue weighted by atomic mass is 35.5. The summed E-state index contributed by atoms with van der Waals surface area (Å²) in [6.07, 6.45) is -0.181. The van der Waals surface area contributed by atoms with Gasteiger partial charge < -0.3 is 9.90 Å². The summed E-state index contributed by atoms with van der Waals surface area (Å²) in [7, 11) is 0. The van der Waals surface area contributed by atoms with Gasteiger partial charge in [0.1, 0.15) is 0 Å². The first-order chi connectivity index (χ1) is 7.08. The van der Waals surface area contributed by atoms with Crippen LogP contribution in [0.15, 0.2) is 18.2 Å². The number of hydrogen-bond donors (Lipinski definition) is 0. The standard InChI is InChI=1S/C10H6Cl2O2S/c11-5-1-2-8-6(3-5)7(4-9(13)14)10(12)15-8/h1-3H,4H2,(H,13,14)/p-1. The summed E-state index contributed by atoms with van der Waals surface area (Å²) in [5, 5.41) is 11.9. The second-order valence-corrected chi connectivity index (χ2v) is 5.13. The van der Waals surface area contributed by atoms with E-state index >= 15 is 0 Å². The van der Waals surface area contributed by atoms with Gasteiger partial charge >= 0.3 is 0 Å². The van der Waals surface area contributed by atoms with Crippen LogP contribution in [0.25, 0.3) is 10.1 Å². The minimum Gasteiger partial charge on any atom is -0.550 e. The third-order valence-electron chi connectivity index (χ3n) is 2.02. The Labute approximate surface area is 100 Å². The van der Waals surface area contributed by atoms with Crippen molar-refractivity contribution >= 4 is 50.6 Å². The van der Waals surface area contributed by atoms with Crippen LogP contribution >= 0.6 is 34.5 Å². The fourth-order valence-electron chi connectivity index (χ4n) is 1.40. The van der Waals surface area contributed by atoms with Gasteiger partial charge in [-0.2, -0.15) is 0 Å². The maximum atomic E-state index is 10.5. The van der Waals surface area contributed by atoms with Crippen molar-refractivity contribution in [1.82, 2.24) is 0 Å². The van der Waals surface area contributed by atoms with Crippen molar-refractivity contribution in [2.45, 2.75) is 6.42 Å². The van der Waals surface area contributed by atoms with Crippen molar-refractivity contribution in [1.29, 1.82) is 0 Å². The highest BCUT2D eigenvalue weighted by Gasteiger charge is 2.10. The minimum absolute atomic E-state index is 0.181. The Morgan fingerprint density at radius 3 is 2.80 bits per heavy atom. The average molecular weight is 260 g/mol. The first-order valence-corrected chi connectivity index (χ1v) is 5.71. The molecule has 0 aliphatic carbocycles. The second-order valence-electron chi connectivity index (χ2n) is 3.04. The smallest absolute Gasteiger partial charge is 0.0976 e. The fourth-order valence-corrected chi connectivity index (χ4v) is 2.92. The van der Waals surface area contributed by atoms with Gasteiger partial charge in [-0.05, 0) is 29.1 Å². The summed E-state index contributed by atoms with van der Waals surface area (Å²) in [5.41, 5.74) is 0.583. The number of fused-ring (bicyclic) bond motifs is 1. The molecule has 0 saturated heterocycles. The van der Waals surface area contributed by atoms with Gasteiger partial charge in [-0.15, -0.1) is 11.3 Å². The lowest BCUT2D eigenvalue weighted by molar-refractivity contribution is -0.304. The predicted molar refractivity (Wildman–Crippen MR) is 60.6 cm³/mol. The second kappa shape index (κ2) is 4.00. The van der Waals surface area contributed by atoms with E-state index in [9.17, 15) is 9.90 Å². The summed E-state index contributed by atoms with van der Waals surface area (Å²) in [6.45, 7) is 0. The Hall–Kier alpha value is -0.770. The highest BCUT2D eigenvalue weighted by Crippen LogP contribution is 2.36. The Bertz CT molecular complexity index is 533. The molecule has 0 saturated carbocycles. The maximum Gasteiger partial charge on any atom is 0.0976 e. The molecule has 1 aromatic heterocycles.